The Labute approximate surface area is 117 Å². The van der Waals surface area contributed by atoms with Crippen LogP contribution < -0.4 is 4.74 Å². The molecule has 0 saturated heterocycles. The largest absolute Gasteiger partial charge is 0.497 e. The fourth-order valence-electron chi connectivity index (χ4n) is 2.05. The van der Waals surface area contributed by atoms with Crippen molar-refractivity contribution in [2.45, 2.75) is 12.8 Å². The summed E-state index contributed by atoms with van der Waals surface area (Å²) in [6, 6.07) is 11.6. The summed E-state index contributed by atoms with van der Waals surface area (Å²) in [7, 11) is 1.63. The first-order chi connectivity index (χ1) is 9.65. The molecule has 2 rings (SSSR count). The number of hydrogen-bond donors (Lipinski definition) is 1. The summed E-state index contributed by atoms with van der Waals surface area (Å²) in [6.07, 6.45) is 0. The van der Waals surface area contributed by atoms with Gasteiger partial charge in [0.1, 0.15) is 12.4 Å². The number of fused-ring (bicyclic) bond motifs is 1. The maximum Gasteiger partial charge on any atom is 0.313 e. The standard InChI is InChI=1S/C16H18O4/c1-11(16(18)20-8-7-17)12-3-4-14-10-15(19-2)6-5-13(14)9-12/h3-6,9-11,17H,7-8H2,1-2H3/t11-/m0/s1. The fourth-order valence-corrected chi connectivity index (χ4v) is 2.05. The molecule has 0 saturated carbocycles. The van der Waals surface area contributed by atoms with Gasteiger partial charge in [-0.2, -0.15) is 0 Å². The Hall–Kier alpha value is -2.07. The highest BCUT2D eigenvalue weighted by molar-refractivity contribution is 5.86. The van der Waals surface area contributed by atoms with Crippen LogP contribution in [0.5, 0.6) is 5.75 Å². The Balaban J connectivity index is 2.25. The second kappa shape index (κ2) is 6.39. The van der Waals surface area contributed by atoms with Gasteiger partial charge in [-0.3, -0.25) is 4.79 Å². The van der Waals surface area contributed by atoms with E-state index in [0.717, 1.165) is 22.1 Å². The van der Waals surface area contributed by atoms with Crippen LogP contribution in [-0.4, -0.2) is 31.4 Å². The van der Waals surface area contributed by atoms with Gasteiger partial charge >= 0.3 is 5.97 Å². The van der Waals surface area contributed by atoms with E-state index in [1.165, 1.54) is 0 Å². The number of methoxy groups -OCH3 is 1. The van der Waals surface area contributed by atoms with E-state index in [0.29, 0.717) is 0 Å². The highest BCUT2D eigenvalue weighted by Crippen LogP contribution is 2.25. The Bertz CT molecular complexity index is 606. The van der Waals surface area contributed by atoms with Crippen LogP contribution in [0.1, 0.15) is 18.4 Å². The quantitative estimate of drug-likeness (QED) is 0.851. The maximum atomic E-state index is 11.8. The molecule has 1 atom stereocenters. The summed E-state index contributed by atoms with van der Waals surface area (Å²) in [6.45, 7) is 1.67. The van der Waals surface area contributed by atoms with Crippen LogP contribution in [0, 0.1) is 0 Å². The first-order valence-corrected chi connectivity index (χ1v) is 6.51. The highest BCUT2D eigenvalue weighted by Gasteiger charge is 2.16. The molecule has 0 radical (unpaired) electrons. The summed E-state index contributed by atoms with van der Waals surface area (Å²) in [5.74, 6) is 0.126. The monoisotopic (exact) mass is 274 g/mol. The van der Waals surface area contributed by atoms with E-state index in [9.17, 15) is 4.79 Å². The lowest BCUT2D eigenvalue weighted by atomic mass is 9.98. The Kier molecular flexibility index (Phi) is 4.58. The SMILES string of the molecule is COc1ccc2cc([C@H](C)C(=O)OCCO)ccc2c1. The molecule has 0 aliphatic rings. The summed E-state index contributed by atoms with van der Waals surface area (Å²) < 4.78 is 10.1. The predicted octanol–water partition coefficient (Wildman–Crippen LogP) is 2.49. The van der Waals surface area contributed by atoms with Gasteiger partial charge in [-0.25, -0.2) is 0 Å². The number of hydrogen-bond acceptors (Lipinski definition) is 4. The number of aliphatic hydroxyl groups excluding tert-OH is 1. The zero-order valence-electron chi connectivity index (χ0n) is 11.6. The zero-order chi connectivity index (χ0) is 14.5. The number of rotatable bonds is 5. The topological polar surface area (TPSA) is 55.8 Å². The molecule has 0 heterocycles. The average Bonchev–Trinajstić information content (AvgIpc) is 2.50. The molecule has 1 N–H and O–H groups in total. The normalized spacial score (nSPS) is 12.2. The summed E-state index contributed by atoms with van der Waals surface area (Å²) in [5.41, 5.74) is 0.894. The van der Waals surface area contributed by atoms with Crippen molar-refractivity contribution in [3.8, 4) is 5.75 Å². The lowest BCUT2D eigenvalue weighted by Gasteiger charge is -2.12. The first kappa shape index (κ1) is 14.3. The van der Waals surface area contributed by atoms with Gasteiger partial charge in [0.25, 0.3) is 0 Å². The second-order valence-electron chi connectivity index (χ2n) is 4.59. The van der Waals surface area contributed by atoms with Gasteiger partial charge in [0.2, 0.25) is 0 Å². The first-order valence-electron chi connectivity index (χ1n) is 6.51. The van der Waals surface area contributed by atoms with Crippen molar-refractivity contribution in [1.29, 1.82) is 0 Å². The number of carbonyl (C=O) groups excluding carboxylic acids is 1. The van der Waals surface area contributed by atoms with Crippen LogP contribution in [0.3, 0.4) is 0 Å². The van der Waals surface area contributed by atoms with Crippen LogP contribution in [0.4, 0.5) is 0 Å². The van der Waals surface area contributed by atoms with Gasteiger partial charge in [0, 0.05) is 0 Å². The molecule has 2 aromatic carbocycles. The molecule has 106 valence electrons. The number of aliphatic hydroxyl groups is 1. The van der Waals surface area contributed by atoms with Crippen LogP contribution in [-0.2, 0) is 9.53 Å². The van der Waals surface area contributed by atoms with Crippen molar-refractivity contribution in [3.05, 3.63) is 42.0 Å². The summed E-state index contributed by atoms with van der Waals surface area (Å²) in [5, 5.41) is 10.8. The summed E-state index contributed by atoms with van der Waals surface area (Å²) >= 11 is 0. The minimum absolute atomic E-state index is 0.0357. The van der Waals surface area contributed by atoms with Crippen LogP contribution in [0.15, 0.2) is 36.4 Å². The van der Waals surface area contributed by atoms with Crippen molar-refractivity contribution < 1.29 is 19.4 Å². The van der Waals surface area contributed by atoms with Crippen LogP contribution in [0.25, 0.3) is 10.8 Å². The Morgan fingerprint density at radius 3 is 2.60 bits per heavy atom. The molecule has 0 aliphatic carbocycles. The highest BCUT2D eigenvalue weighted by atomic mass is 16.5. The second-order valence-corrected chi connectivity index (χ2v) is 4.59. The predicted molar refractivity (Wildman–Crippen MR) is 77.0 cm³/mol. The number of ether oxygens (including phenoxy) is 2. The molecular formula is C16H18O4. The van der Waals surface area contributed by atoms with E-state index < -0.39 is 0 Å². The van der Waals surface area contributed by atoms with Gasteiger partial charge in [0.05, 0.1) is 19.6 Å². The third kappa shape index (κ3) is 3.08. The molecule has 0 aromatic heterocycles. The van der Waals surface area contributed by atoms with E-state index in [4.69, 9.17) is 14.6 Å². The Morgan fingerprint density at radius 2 is 1.90 bits per heavy atom. The van der Waals surface area contributed by atoms with Gasteiger partial charge in [-0.15, -0.1) is 0 Å². The third-order valence-electron chi connectivity index (χ3n) is 3.26. The van der Waals surface area contributed by atoms with Crippen LogP contribution >= 0.6 is 0 Å². The smallest absolute Gasteiger partial charge is 0.313 e. The summed E-state index contributed by atoms with van der Waals surface area (Å²) in [4.78, 5) is 11.8. The van der Waals surface area contributed by atoms with Crippen molar-refractivity contribution in [1.82, 2.24) is 0 Å². The lowest BCUT2D eigenvalue weighted by molar-refractivity contribution is -0.146. The molecule has 0 aliphatic heterocycles. The molecular weight excluding hydrogens is 256 g/mol. The van der Waals surface area contributed by atoms with Gasteiger partial charge in [-0.1, -0.05) is 24.3 Å². The molecule has 4 nitrogen and oxygen atoms in total. The molecule has 0 fully saturated rings. The van der Waals surface area contributed by atoms with Crippen LogP contribution in [0.2, 0.25) is 0 Å². The van der Waals surface area contributed by atoms with Crippen molar-refractivity contribution in [2.75, 3.05) is 20.3 Å². The molecule has 4 heteroatoms. The molecule has 0 amide bonds. The third-order valence-corrected chi connectivity index (χ3v) is 3.26. The van der Waals surface area contributed by atoms with E-state index in [2.05, 4.69) is 0 Å². The van der Waals surface area contributed by atoms with E-state index >= 15 is 0 Å². The molecule has 2 aromatic rings. The van der Waals surface area contributed by atoms with E-state index in [1.54, 1.807) is 14.0 Å². The molecule has 0 spiro atoms. The average molecular weight is 274 g/mol. The van der Waals surface area contributed by atoms with Crippen molar-refractivity contribution in [2.24, 2.45) is 0 Å². The number of carbonyl (C=O) groups is 1. The Morgan fingerprint density at radius 1 is 1.20 bits per heavy atom. The van der Waals surface area contributed by atoms with Crippen molar-refractivity contribution >= 4 is 16.7 Å². The molecule has 0 unspecified atom stereocenters. The van der Waals surface area contributed by atoms with Gasteiger partial charge in [-0.05, 0) is 35.4 Å². The lowest BCUT2D eigenvalue weighted by Crippen LogP contribution is -2.15. The van der Waals surface area contributed by atoms with Gasteiger partial charge in [0.15, 0.2) is 0 Å². The fraction of sp³-hybridized carbons (Fsp3) is 0.312. The number of esters is 1. The van der Waals surface area contributed by atoms with Crippen molar-refractivity contribution in [3.63, 3.8) is 0 Å². The van der Waals surface area contributed by atoms with Gasteiger partial charge < -0.3 is 14.6 Å². The zero-order valence-corrected chi connectivity index (χ0v) is 11.6. The minimum atomic E-state index is -0.354. The van der Waals surface area contributed by atoms with E-state index in [1.807, 2.05) is 36.4 Å². The molecule has 20 heavy (non-hydrogen) atoms. The van der Waals surface area contributed by atoms with E-state index in [-0.39, 0.29) is 25.1 Å². The minimum Gasteiger partial charge on any atom is -0.497 e. The maximum absolute atomic E-state index is 11.8. The number of benzene rings is 2. The molecule has 0 bridgehead atoms.